The fourth-order valence-corrected chi connectivity index (χ4v) is 2.88. The van der Waals surface area contributed by atoms with Crippen LogP contribution in [0.1, 0.15) is 64.2 Å². The van der Waals surface area contributed by atoms with Crippen molar-refractivity contribution in [1.29, 1.82) is 0 Å². The summed E-state index contributed by atoms with van der Waals surface area (Å²) in [7, 11) is 0. The molecule has 2 heteroatoms. The van der Waals surface area contributed by atoms with E-state index in [0.717, 1.165) is 44.1 Å². The Hall–Kier alpha value is -0.630. The summed E-state index contributed by atoms with van der Waals surface area (Å²) in [6, 6.07) is 0. The first-order valence-corrected chi connectivity index (χ1v) is 6.69. The molecule has 2 rings (SSSR count). The quantitative estimate of drug-likeness (QED) is 0.779. The van der Waals surface area contributed by atoms with E-state index < -0.39 is 5.60 Å². The fourth-order valence-electron chi connectivity index (χ4n) is 2.88. The molecule has 0 unspecified atom stereocenters. The summed E-state index contributed by atoms with van der Waals surface area (Å²) in [6.07, 6.45) is 12.0. The molecule has 0 amide bonds. The predicted molar refractivity (Wildman–Crippen MR) is 64.2 cm³/mol. The Morgan fingerprint density at radius 3 is 2.50 bits per heavy atom. The van der Waals surface area contributed by atoms with Crippen molar-refractivity contribution in [2.75, 3.05) is 0 Å². The molecule has 90 valence electrons. The second-order valence-corrected chi connectivity index (χ2v) is 5.25. The molecule has 0 spiro atoms. The molecule has 0 saturated heterocycles. The third-order valence-corrected chi connectivity index (χ3v) is 3.94. The standard InChI is InChI=1S/C14H22O2/c15-13(12-8-4-1-2-5-9-12)14(16)10-6-3-7-11-14/h8,16H,1-7,9-11H2. The number of carbonyl (C=O) groups is 1. The summed E-state index contributed by atoms with van der Waals surface area (Å²) < 4.78 is 0. The molecule has 0 atom stereocenters. The number of ketones is 1. The lowest BCUT2D eigenvalue weighted by molar-refractivity contribution is -0.136. The molecule has 1 saturated carbocycles. The van der Waals surface area contributed by atoms with Crippen molar-refractivity contribution < 1.29 is 9.90 Å². The average molecular weight is 222 g/mol. The van der Waals surface area contributed by atoms with Crippen LogP contribution in [0.4, 0.5) is 0 Å². The zero-order valence-corrected chi connectivity index (χ0v) is 10.0. The number of Topliss-reactive ketones (excluding diaryl/α,β-unsaturated/α-hetero) is 1. The molecule has 0 aromatic carbocycles. The van der Waals surface area contributed by atoms with Gasteiger partial charge in [0.1, 0.15) is 5.60 Å². The molecule has 0 aromatic rings. The smallest absolute Gasteiger partial charge is 0.189 e. The van der Waals surface area contributed by atoms with Gasteiger partial charge in [-0.1, -0.05) is 31.8 Å². The van der Waals surface area contributed by atoms with E-state index >= 15 is 0 Å². The molecule has 0 aliphatic heterocycles. The zero-order chi connectivity index (χ0) is 11.4. The van der Waals surface area contributed by atoms with E-state index in [-0.39, 0.29) is 5.78 Å². The summed E-state index contributed by atoms with van der Waals surface area (Å²) in [5.41, 5.74) is -0.115. The number of rotatable bonds is 2. The van der Waals surface area contributed by atoms with E-state index in [1.54, 1.807) is 0 Å². The van der Waals surface area contributed by atoms with Gasteiger partial charge in [0.2, 0.25) is 0 Å². The Balaban J connectivity index is 2.07. The molecule has 2 aliphatic rings. The van der Waals surface area contributed by atoms with Crippen LogP contribution >= 0.6 is 0 Å². The second-order valence-electron chi connectivity index (χ2n) is 5.25. The molecule has 0 aromatic heterocycles. The van der Waals surface area contributed by atoms with E-state index in [1.807, 2.05) is 0 Å². The van der Waals surface area contributed by atoms with Crippen LogP contribution in [0.5, 0.6) is 0 Å². The van der Waals surface area contributed by atoms with Crippen molar-refractivity contribution in [3.8, 4) is 0 Å². The van der Waals surface area contributed by atoms with Crippen molar-refractivity contribution >= 4 is 5.78 Å². The monoisotopic (exact) mass is 222 g/mol. The first-order valence-electron chi connectivity index (χ1n) is 6.69. The van der Waals surface area contributed by atoms with E-state index in [2.05, 4.69) is 6.08 Å². The van der Waals surface area contributed by atoms with Crippen molar-refractivity contribution in [3.05, 3.63) is 11.6 Å². The molecular formula is C14H22O2. The first-order chi connectivity index (χ1) is 7.72. The van der Waals surface area contributed by atoms with Crippen LogP contribution < -0.4 is 0 Å². The topological polar surface area (TPSA) is 37.3 Å². The van der Waals surface area contributed by atoms with Crippen LogP contribution in [0.2, 0.25) is 0 Å². The molecule has 2 nitrogen and oxygen atoms in total. The third-order valence-electron chi connectivity index (χ3n) is 3.94. The van der Waals surface area contributed by atoms with Gasteiger partial charge in [0, 0.05) is 0 Å². The van der Waals surface area contributed by atoms with Crippen LogP contribution in [0.3, 0.4) is 0 Å². The Labute approximate surface area is 97.7 Å². The molecule has 0 heterocycles. The highest BCUT2D eigenvalue weighted by atomic mass is 16.3. The number of aliphatic hydroxyl groups is 1. The maximum Gasteiger partial charge on any atom is 0.189 e. The Morgan fingerprint density at radius 2 is 1.75 bits per heavy atom. The minimum Gasteiger partial charge on any atom is -0.382 e. The van der Waals surface area contributed by atoms with Crippen molar-refractivity contribution in [1.82, 2.24) is 0 Å². The summed E-state index contributed by atoms with van der Waals surface area (Å²) in [5.74, 6) is 0.0362. The van der Waals surface area contributed by atoms with Crippen molar-refractivity contribution in [2.45, 2.75) is 69.8 Å². The maximum atomic E-state index is 12.3. The number of hydrogen-bond acceptors (Lipinski definition) is 2. The molecule has 0 bridgehead atoms. The lowest BCUT2D eigenvalue weighted by Gasteiger charge is -2.31. The summed E-state index contributed by atoms with van der Waals surface area (Å²) in [5, 5.41) is 10.4. The molecular weight excluding hydrogens is 200 g/mol. The van der Waals surface area contributed by atoms with Crippen LogP contribution in [-0.4, -0.2) is 16.5 Å². The lowest BCUT2D eigenvalue weighted by Crippen LogP contribution is -2.41. The van der Waals surface area contributed by atoms with E-state index in [0.29, 0.717) is 12.8 Å². The van der Waals surface area contributed by atoms with Gasteiger partial charge in [0.05, 0.1) is 0 Å². The molecule has 1 N–H and O–H groups in total. The van der Waals surface area contributed by atoms with Gasteiger partial charge in [-0.2, -0.15) is 0 Å². The lowest BCUT2D eigenvalue weighted by atomic mass is 9.78. The Morgan fingerprint density at radius 1 is 1.06 bits per heavy atom. The summed E-state index contributed by atoms with van der Waals surface area (Å²) >= 11 is 0. The minimum absolute atomic E-state index is 0.0362. The van der Waals surface area contributed by atoms with E-state index in [9.17, 15) is 9.90 Å². The highest BCUT2D eigenvalue weighted by Crippen LogP contribution is 2.32. The molecule has 2 aliphatic carbocycles. The summed E-state index contributed by atoms with van der Waals surface area (Å²) in [6.45, 7) is 0. The number of hydrogen-bond donors (Lipinski definition) is 1. The second kappa shape index (κ2) is 5.13. The minimum atomic E-state index is -1.02. The Bertz CT molecular complexity index is 285. The molecule has 0 radical (unpaired) electrons. The van der Waals surface area contributed by atoms with Gasteiger partial charge in [-0.05, 0) is 44.1 Å². The van der Waals surface area contributed by atoms with Crippen LogP contribution in [0.25, 0.3) is 0 Å². The van der Waals surface area contributed by atoms with Gasteiger partial charge >= 0.3 is 0 Å². The maximum absolute atomic E-state index is 12.3. The fraction of sp³-hybridized carbons (Fsp3) is 0.786. The normalized spacial score (nSPS) is 25.7. The van der Waals surface area contributed by atoms with Crippen LogP contribution in [0.15, 0.2) is 11.6 Å². The van der Waals surface area contributed by atoms with Crippen LogP contribution in [0, 0.1) is 0 Å². The van der Waals surface area contributed by atoms with Crippen LogP contribution in [-0.2, 0) is 4.79 Å². The van der Waals surface area contributed by atoms with Gasteiger partial charge in [0.25, 0.3) is 0 Å². The van der Waals surface area contributed by atoms with Gasteiger partial charge in [-0.25, -0.2) is 0 Å². The molecule has 1 fully saturated rings. The highest BCUT2D eigenvalue weighted by molar-refractivity contribution is 6.01. The first kappa shape index (κ1) is 11.8. The van der Waals surface area contributed by atoms with Gasteiger partial charge < -0.3 is 5.11 Å². The van der Waals surface area contributed by atoms with E-state index in [1.165, 1.54) is 12.8 Å². The Kier molecular flexibility index (Phi) is 3.80. The average Bonchev–Trinajstić information content (AvgIpc) is 2.57. The summed E-state index contributed by atoms with van der Waals surface area (Å²) in [4.78, 5) is 12.3. The van der Waals surface area contributed by atoms with Gasteiger partial charge in [-0.3, -0.25) is 4.79 Å². The van der Waals surface area contributed by atoms with Gasteiger partial charge in [-0.15, -0.1) is 0 Å². The van der Waals surface area contributed by atoms with Crippen molar-refractivity contribution in [3.63, 3.8) is 0 Å². The number of allylic oxidation sites excluding steroid dienone is 1. The molecule has 16 heavy (non-hydrogen) atoms. The predicted octanol–water partition coefficient (Wildman–Crippen LogP) is 3.14. The van der Waals surface area contributed by atoms with Crippen molar-refractivity contribution in [2.24, 2.45) is 0 Å². The zero-order valence-electron chi connectivity index (χ0n) is 10.0. The largest absolute Gasteiger partial charge is 0.382 e. The SMILES string of the molecule is O=C(C1=CCCCCC1)C1(O)CCCCC1. The van der Waals surface area contributed by atoms with Gasteiger partial charge in [0.15, 0.2) is 5.78 Å². The highest BCUT2D eigenvalue weighted by Gasteiger charge is 2.38. The number of carbonyl (C=O) groups excluding carboxylic acids is 1. The third kappa shape index (κ3) is 2.54. The van der Waals surface area contributed by atoms with E-state index in [4.69, 9.17) is 0 Å².